The van der Waals surface area contributed by atoms with Gasteiger partial charge in [0.05, 0.1) is 0 Å². The van der Waals surface area contributed by atoms with E-state index < -0.39 is 0 Å². The average Bonchev–Trinajstić information content (AvgIpc) is 2.18. The third-order valence-electron chi connectivity index (χ3n) is 2.34. The molecule has 72 valence electrons. The number of anilines is 1. The Hall–Kier alpha value is -1.28. The highest BCUT2D eigenvalue weighted by Crippen LogP contribution is 2.25. The van der Waals surface area contributed by atoms with Gasteiger partial charge in [-0.25, -0.2) is 4.98 Å². The Morgan fingerprint density at radius 2 is 2.14 bits per heavy atom. The van der Waals surface area contributed by atoms with Crippen molar-refractivity contribution in [3.63, 3.8) is 0 Å². The molecule has 2 nitrogen and oxygen atoms in total. The molecule has 0 saturated carbocycles. The van der Waals surface area contributed by atoms with Crippen LogP contribution >= 0.6 is 11.6 Å². The van der Waals surface area contributed by atoms with Crippen molar-refractivity contribution in [2.75, 3.05) is 5.73 Å². The molecule has 2 rings (SSSR count). The van der Waals surface area contributed by atoms with Crippen molar-refractivity contribution in [1.29, 1.82) is 0 Å². The third-order valence-corrected chi connectivity index (χ3v) is 2.58. The van der Waals surface area contributed by atoms with E-state index in [1.165, 1.54) is 5.56 Å². The summed E-state index contributed by atoms with van der Waals surface area (Å²) in [7, 11) is 0. The summed E-state index contributed by atoms with van der Waals surface area (Å²) in [5, 5.41) is 2.82. The maximum absolute atomic E-state index is 5.94. The van der Waals surface area contributed by atoms with Crippen LogP contribution in [-0.2, 0) is 6.42 Å². The van der Waals surface area contributed by atoms with E-state index in [4.69, 9.17) is 17.3 Å². The highest BCUT2D eigenvalue weighted by Gasteiger charge is 2.04. The van der Waals surface area contributed by atoms with E-state index in [2.05, 4.69) is 11.9 Å². The largest absolute Gasteiger partial charge is 0.383 e. The van der Waals surface area contributed by atoms with Gasteiger partial charge in [-0.15, -0.1) is 0 Å². The second-order valence-corrected chi connectivity index (χ2v) is 3.65. The molecule has 14 heavy (non-hydrogen) atoms. The van der Waals surface area contributed by atoms with Gasteiger partial charge in [0.1, 0.15) is 5.82 Å². The Kier molecular flexibility index (Phi) is 2.30. The van der Waals surface area contributed by atoms with Gasteiger partial charge in [-0.3, -0.25) is 0 Å². The van der Waals surface area contributed by atoms with Crippen molar-refractivity contribution in [3.8, 4) is 0 Å². The van der Waals surface area contributed by atoms with Crippen LogP contribution in [0.4, 0.5) is 5.82 Å². The first-order valence-electron chi connectivity index (χ1n) is 4.55. The Morgan fingerprint density at radius 1 is 1.36 bits per heavy atom. The molecule has 1 heterocycles. The van der Waals surface area contributed by atoms with E-state index in [1.54, 1.807) is 0 Å². The molecule has 0 saturated heterocycles. The normalized spacial score (nSPS) is 10.7. The molecule has 0 aliphatic rings. The highest BCUT2D eigenvalue weighted by molar-refractivity contribution is 6.31. The number of pyridine rings is 1. The number of fused-ring (bicyclic) bond motifs is 1. The van der Waals surface area contributed by atoms with Crippen molar-refractivity contribution >= 4 is 28.2 Å². The molecule has 0 aliphatic carbocycles. The van der Waals surface area contributed by atoms with Gasteiger partial charge in [0, 0.05) is 16.6 Å². The minimum atomic E-state index is 0.564. The van der Waals surface area contributed by atoms with Gasteiger partial charge in [-0.2, -0.15) is 0 Å². The van der Waals surface area contributed by atoms with E-state index in [1.807, 2.05) is 24.4 Å². The van der Waals surface area contributed by atoms with Gasteiger partial charge < -0.3 is 5.73 Å². The predicted molar refractivity (Wildman–Crippen MR) is 60.5 cm³/mol. The number of nitrogens with zero attached hydrogens (tertiary/aromatic N) is 1. The predicted octanol–water partition coefficient (Wildman–Crippen LogP) is 3.03. The summed E-state index contributed by atoms with van der Waals surface area (Å²) in [5.74, 6) is 0.564. The zero-order valence-electron chi connectivity index (χ0n) is 7.92. The molecule has 0 fully saturated rings. The Labute approximate surface area is 87.7 Å². The topological polar surface area (TPSA) is 38.9 Å². The van der Waals surface area contributed by atoms with Gasteiger partial charge in [0.25, 0.3) is 0 Å². The quantitative estimate of drug-likeness (QED) is 0.779. The lowest BCUT2D eigenvalue weighted by Gasteiger charge is -2.06. The molecule has 0 spiro atoms. The van der Waals surface area contributed by atoms with Crippen molar-refractivity contribution in [3.05, 3.63) is 35.0 Å². The number of nitrogen functional groups attached to an aromatic ring is 1. The number of halogens is 1. The molecule has 2 N–H and O–H groups in total. The lowest BCUT2D eigenvalue weighted by molar-refractivity contribution is 1.13. The van der Waals surface area contributed by atoms with Crippen LogP contribution in [0.25, 0.3) is 10.8 Å². The van der Waals surface area contributed by atoms with E-state index in [0.717, 1.165) is 22.2 Å². The summed E-state index contributed by atoms with van der Waals surface area (Å²) >= 11 is 5.94. The van der Waals surface area contributed by atoms with E-state index in [9.17, 15) is 0 Å². The SMILES string of the molecule is CCc1cnc(N)c2ccc(Cl)cc12. The summed E-state index contributed by atoms with van der Waals surface area (Å²) in [6.07, 6.45) is 2.75. The van der Waals surface area contributed by atoms with Crippen LogP contribution in [0.5, 0.6) is 0 Å². The van der Waals surface area contributed by atoms with E-state index >= 15 is 0 Å². The summed E-state index contributed by atoms with van der Waals surface area (Å²) in [5.41, 5.74) is 6.95. The van der Waals surface area contributed by atoms with Crippen molar-refractivity contribution in [2.24, 2.45) is 0 Å². The number of aromatic nitrogens is 1. The number of hydrogen-bond acceptors (Lipinski definition) is 2. The molecule has 0 bridgehead atoms. The molecule has 0 radical (unpaired) electrons. The summed E-state index contributed by atoms with van der Waals surface area (Å²) in [6.45, 7) is 2.09. The Balaban J connectivity index is 2.85. The Bertz CT molecular complexity index is 480. The lowest BCUT2D eigenvalue weighted by atomic mass is 10.1. The summed E-state index contributed by atoms with van der Waals surface area (Å²) in [6, 6.07) is 5.69. The van der Waals surface area contributed by atoms with Crippen LogP contribution in [0.15, 0.2) is 24.4 Å². The first kappa shape index (κ1) is 9.28. The molecule has 1 aromatic carbocycles. The number of benzene rings is 1. The van der Waals surface area contributed by atoms with Crippen molar-refractivity contribution in [2.45, 2.75) is 13.3 Å². The number of rotatable bonds is 1. The van der Waals surface area contributed by atoms with Crippen molar-refractivity contribution < 1.29 is 0 Å². The van der Waals surface area contributed by atoms with Crippen LogP contribution in [0.1, 0.15) is 12.5 Å². The maximum atomic E-state index is 5.94. The summed E-state index contributed by atoms with van der Waals surface area (Å²) < 4.78 is 0. The molecule has 2 aromatic rings. The lowest BCUT2D eigenvalue weighted by Crippen LogP contribution is -1.94. The molecule has 0 atom stereocenters. The fourth-order valence-electron chi connectivity index (χ4n) is 1.57. The Morgan fingerprint density at radius 3 is 2.86 bits per heavy atom. The highest BCUT2D eigenvalue weighted by atomic mass is 35.5. The smallest absolute Gasteiger partial charge is 0.131 e. The standard InChI is InChI=1S/C11H11ClN2/c1-2-7-6-14-11(13)9-4-3-8(12)5-10(7)9/h3-6H,2H2,1H3,(H2,13,14). The van der Waals surface area contributed by atoms with Gasteiger partial charge in [-0.1, -0.05) is 18.5 Å². The second-order valence-electron chi connectivity index (χ2n) is 3.21. The minimum Gasteiger partial charge on any atom is -0.383 e. The molecule has 3 heteroatoms. The van der Waals surface area contributed by atoms with Gasteiger partial charge in [0.2, 0.25) is 0 Å². The minimum absolute atomic E-state index is 0.564. The molecule has 1 aromatic heterocycles. The first-order chi connectivity index (χ1) is 6.72. The van der Waals surface area contributed by atoms with Crippen LogP contribution in [0.2, 0.25) is 5.02 Å². The average molecular weight is 207 g/mol. The van der Waals surface area contributed by atoms with Crippen molar-refractivity contribution in [1.82, 2.24) is 4.98 Å². The number of aryl methyl sites for hydroxylation is 1. The zero-order chi connectivity index (χ0) is 10.1. The monoisotopic (exact) mass is 206 g/mol. The van der Waals surface area contributed by atoms with Crippen LogP contribution in [0, 0.1) is 0 Å². The van der Waals surface area contributed by atoms with Gasteiger partial charge >= 0.3 is 0 Å². The number of hydrogen-bond donors (Lipinski definition) is 1. The number of nitrogens with two attached hydrogens (primary N) is 1. The molecular weight excluding hydrogens is 196 g/mol. The fourth-order valence-corrected chi connectivity index (χ4v) is 1.75. The summed E-state index contributed by atoms with van der Waals surface area (Å²) in [4.78, 5) is 4.14. The second kappa shape index (κ2) is 3.46. The fraction of sp³-hybridized carbons (Fsp3) is 0.182. The van der Waals surface area contributed by atoms with Gasteiger partial charge in [0.15, 0.2) is 0 Å². The van der Waals surface area contributed by atoms with E-state index in [-0.39, 0.29) is 0 Å². The molecule has 0 aliphatic heterocycles. The molecule has 0 amide bonds. The van der Waals surface area contributed by atoms with Crippen LogP contribution in [0.3, 0.4) is 0 Å². The molecule has 0 unspecified atom stereocenters. The molecular formula is C11H11ClN2. The van der Waals surface area contributed by atoms with Gasteiger partial charge in [-0.05, 0) is 35.6 Å². The maximum Gasteiger partial charge on any atom is 0.131 e. The zero-order valence-corrected chi connectivity index (χ0v) is 8.67. The van der Waals surface area contributed by atoms with Crippen LogP contribution in [-0.4, -0.2) is 4.98 Å². The van der Waals surface area contributed by atoms with E-state index in [0.29, 0.717) is 5.82 Å². The third kappa shape index (κ3) is 1.42. The first-order valence-corrected chi connectivity index (χ1v) is 4.92. The van der Waals surface area contributed by atoms with Crippen LogP contribution < -0.4 is 5.73 Å².